The second-order valence-electron chi connectivity index (χ2n) is 10.2. The molecule has 2 unspecified atom stereocenters. The fourth-order valence-corrected chi connectivity index (χ4v) is 6.32. The third-order valence-corrected chi connectivity index (χ3v) is 8.03. The van der Waals surface area contributed by atoms with Crippen LogP contribution >= 0.6 is 0 Å². The first-order valence-electron chi connectivity index (χ1n) is 12.3. The van der Waals surface area contributed by atoms with Crippen molar-refractivity contribution in [3.8, 4) is 17.0 Å². The molecule has 0 radical (unpaired) electrons. The minimum atomic E-state index is -1.41. The van der Waals surface area contributed by atoms with Gasteiger partial charge >= 0.3 is 5.97 Å². The smallest absolute Gasteiger partial charge is 0.345 e. The summed E-state index contributed by atoms with van der Waals surface area (Å²) in [5.41, 5.74) is 4.25. The van der Waals surface area contributed by atoms with Crippen LogP contribution < -0.4 is 10.5 Å². The molecule has 0 bridgehead atoms. The zero-order valence-corrected chi connectivity index (χ0v) is 19.7. The van der Waals surface area contributed by atoms with Gasteiger partial charge in [-0.15, -0.1) is 0 Å². The number of hydrogen-bond acceptors (Lipinski definition) is 5. The van der Waals surface area contributed by atoms with Crippen molar-refractivity contribution >= 4 is 11.7 Å². The first-order valence-corrected chi connectivity index (χ1v) is 12.3. The number of aromatic carboxylic acids is 1. The summed E-state index contributed by atoms with van der Waals surface area (Å²) in [6.45, 7) is 3.07. The van der Waals surface area contributed by atoms with Crippen LogP contribution in [0.4, 0.5) is 5.69 Å². The summed E-state index contributed by atoms with van der Waals surface area (Å²) in [5, 5.41) is 19.9. The lowest BCUT2D eigenvalue weighted by Gasteiger charge is -2.26. The third kappa shape index (κ3) is 3.71. The predicted octanol–water partition coefficient (Wildman–Crippen LogP) is 3.50. The first-order chi connectivity index (χ1) is 16.9. The van der Waals surface area contributed by atoms with Crippen LogP contribution in [-0.2, 0) is 19.4 Å². The Hall–Kier alpha value is -3.58. The van der Waals surface area contributed by atoms with Crippen LogP contribution in [0.2, 0.25) is 0 Å². The van der Waals surface area contributed by atoms with Crippen LogP contribution in [0.3, 0.4) is 0 Å². The SMILES string of the molecule is CN(Cc1ccccc1)C1C2CN(c3ccc4c(c3)CCCc3c-4[nH]c(=O)c(C(=O)O)c3O)CC21. The lowest BCUT2D eigenvalue weighted by molar-refractivity contribution is 0.0691. The highest BCUT2D eigenvalue weighted by Gasteiger charge is 2.57. The fourth-order valence-electron chi connectivity index (χ4n) is 6.32. The Morgan fingerprint density at radius 1 is 1.11 bits per heavy atom. The number of carboxylic acids is 1. The van der Waals surface area contributed by atoms with Gasteiger partial charge in [0.25, 0.3) is 5.56 Å². The van der Waals surface area contributed by atoms with Gasteiger partial charge in [-0.2, -0.15) is 0 Å². The third-order valence-electron chi connectivity index (χ3n) is 8.03. The van der Waals surface area contributed by atoms with Gasteiger partial charge in [0.2, 0.25) is 0 Å². The van der Waals surface area contributed by atoms with Crippen molar-refractivity contribution in [3.05, 3.63) is 81.1 Å². The van der Waals surface area contributed by atoms with Gasteiger partial charge in [0.05, 0.1) is 5.69 Å². The highest BCUT2D eigenvalue weighted by molar-refractivity contribution is 5.92. The number of hydrogen-bond donors (Lipinski definition) is 3. The van der Waals surface area contributed by atoms with Crippen molar-refractivity contribution in [2.45, 2.75) is 31.8 Å². The van der Waals surface area contributed by atoms with Crippen molar-refractivity contribution in [1.82, 2.24) is 9.88 Å². The monoisotopic (exact) mass is 471 g/mol. The lowest BCUT2D eigenvalue weighted by atomic mass is 9.99. The quantitative estimate of drug-likeness (QED) is 0.527. The second kappa shape index (κ2) is 8.27. The zero-order chi connectivity index (χ0) is 24.3. The minimum absolute atomic E-state index is 0.404. The number of pyridine rings is 1. The van der Waals surface area contributed by atoms with Crippen molar-refractivity contribution < 1.29 is 15.0 Å². The maximum absolute atomic E-state index is 12.4. The Labute approximate surface area is 203 Å². The summed E-state index contributed by atoms with van der Waals surface area (Å²) in [6.07, 6.45) is 2.11. The number of carboxylic acid groups (broad SMARTS) is 1. The average molecular weight is 472 g/mol. The van der Waals surface area contributed by atoms with Gasteiger partial charge in [-0.25, -0.2) is 4.79 Å². The topological polar surface area (TPSA) is 96.9 Å². The molecule has 0 spiro atoms. The Morgan fingerprint density at radius 2 is 1.86 bits per heavy atom. The summed E-state index contributed by atoms with van der Waals surface area (Å²) in [6, 6.07) is 17.5. The molecule has 3 N–H and O–H groups in total. The van der Waals surface area contributed by atoms with Gasteiger partial charge in [-0.05, 0) is 61.4 Å². The van der Waals surface area contributed by atoms with E-state index in [2.05, 4.69) is 64.3 Å². The molecule has 2 atom stereocenters. The number of nitrogens with one attached hydrogen (secondary N) is 1. The van der Waals surface area contributed by atoms with E-state index in [0.717, 1.165) is 43.6 Å². The summed E-state index contributed by atoms with van der Waals surface area (Å²) >= 11 is 0. The van der Waals surface area contributed by atoms with Gasteiger partial charge in [0.15, 0.2) is 5.56 Å². The molecule has 7 heteroatoms. The molecule has 2 fully saturated rings. The maximum atomic E-state index is 12.4. The summed E-state index contributed by atoms with van der Waals surface area (Å²) in [5.74, 6) is -0.442. The molecular weight excluding hydrogens is 442 g/mol. The number of piperidine rings is 1. The molecule has 1 saturated heterocycles. The molecule has 1 aliphatic heterocycles. The van der Waals surface area contributed by atoms with Gasteiger partial charge in [0, 0.05) is 42.5 Å². The van der Waals surface area contributed by atoms with E-state index in [0.29, 0.717) is 35.6 Å². The lowest BCUT2D eigenvalue weighted by Crippen LogP contribution is -2.32. The molecule has 3 aliphatic rings. The Kier molecular flexibility index (Phi) is 5.18. The standard InChI is InChI=1S/C28H29N3O4/c1-30(13-16-6-3-2-4-7-16)25-21-14-31(15-22(21)25)18-10-11-19-17(12-18)8-5-9-20-24(19)29-27(33)23(26(20)32)28(34)35/h2-4,6-7,10-12,21-22,25H,5,8-9,13-15H2,1H3,(H,34,35)(H2,29,32,33). The van der Waals surface area contributed by atoms with Gasteiger partial charge in [0.1, 0.15) is 5.75 Å². The second-order valence-corrected chi connectivity index (χ2v) is 10.2. The molecule has 180 valence electrons. The molecule has 1 aromatic heterocycles. The van der Waals surface area contributed by atoms with Crippen molar-refractivity contribution in [2.24, 2.45) is 11.8 Å². The number of rotatable bonds is 5. The number of fused-ring (bicyclic) bond motifs is 4. The minimum Gasteiger partial charge on any atom is -0.506 e. The maximum Gasteiger partial charge on any atom is 0.345 e. The average Bonchev–Trinajstić information content (AvgIpc) is 3.41. The van der Waals surface area contributed by atoms with E-state index in [1.807, 2.05) is 6.07 Å². The molecule has 2 aromatic carbocycles. The van der Waals surface area contributed by atoms with Crippen molar-refractivity contribution in [3.63, 3.8) is 0 Å². The summed E-state index contributed by atoms with van der Waals surface area (Å²) < 4.78 is 0. The number of aryl methyl sites for hydroxylation is 1. The number of aromatic nitrogens is 1. The van der Waals surface area contributed by atoms with E-state index in [4.69, 9.17) is 0 Å². The van der Waals surface area contributed by atoms with Gasteiger partial charge in [-0.1, -0.05) is 36.4 Å². The molecular formula is C28H29N3O4. The van der Waals surface area contributed by atoms with Crippen LogP contribution in [0, 0.1) is 11.8 Å². The molecule has 0 amide bonds. The van der Waals surface area contributed by atoms with E-state index in [-0.39, 0.29) is 0 Å². The number of H-pyrrole nitrogens is 1. The van der Waals surface area contributed by atoms with E-state index < -0.39 is 22.8 Å². The van der Waals surface area contributed by atoms with Crippen molar-refractivity contribution in [1.29, 1.82) is 0 Å². The Morgan fingerprint density at radius 3 is 2.57 bits per heavy atom. The van der Waals surface area contributed by atoms with Crippen LogP contribution in [-0.4, -0.2) is 52.2 Å². The zero-order valence-electron chi connectivity index (χ0n) is 19.7. The number of aromatic amines is 1. The molecule has 6 rings (SSSR count). The normalized spacial score (nSPS) is 22.3. The van der Waals surface area contributed by atoms with Crippen molar-refractivity contribution in [2.75, 3.05) is 25.0 Å². The van der Waals surface area contributed by atoms with Crippen LogP contribution in [0.15, 0.2) is 53.3 Å². The molecule has 1 saturated carbocycles. The summed E-state index contributed by atoms with van der Waals surface area (Å²) in [4.78, 5) is 31.5. The predicted molar refractivity (Wildman–Crippen MR) is 134 cm³/mol. The Bertz CT molecular complexity index is 1350. The van der Waals surface area contributed by atoms with E-state index in [1.165, 1.54) is 11.3 Å². The van der Waals surface area contributed by atoms with Gasteiger partial charge in [-0.3, -0.25) is 9.69 Å². The van der Waals surface area contributed by atoms with Crippen LogP contribution in [0.25, 0.3) is 11.3 Å². The van der Waals surface area contributed by atoms with Crippen LogP contribution in [0.5, 0.6) is 5.75 Å². The van der Waals surface area contributed by atoms with E-state index >= 15 is 0 Å². The molecule has 7 nitrogen and oxygen atoms in total. The van der Waals surface area contributed by atoms with E-state index in [1.54, 1.807) is 0 Å². The number of benzene rings is 2. The summed E-state index contributed by atoms with van der Waals surface area (Å²) in [7, 11) is 2.23. The number of nitrogens with zero attached hydrogens (tertiary/aromatic N) is 2. The number of anilines is 1. The first kappa shape index (κ1) is 21.9. The van der Waals surface area contributed by atoms with Crippen LogP contribution in [0.1, 0.15) is 33.5 Å². The molecule has 2 heterocycles. The Balaban J connectivity index is 1.21. The number of aromatic hydroxyl groups is 1. The van der Waals surface area contributed by atoms with Gasteiger partial charge < -0.3 is 20.1 Å². The van der Waals surface area contributed by atoms with E-state index in [9.17, 15) is 19.8 Å². The number of carbonyl (C=O) groups is 1. The molecule has 3 aromatic rings. The largest absolute Gasteiger partial charge is 0.506 e. The highest BCUT2D eigenvalue weighted by Crippen LogP contribution is 2.50. The fraction of sp³-hybridized carbons (Fsp3) is 0.357. The molecule has 2 aliphatic carbocycles. The highest BCUT2D eigenvalue weighted by atomic mass is 16.4. The molecule has 35 heavy (non-hydrogen) atoms.